The first-order valence-electron chi connectivity index (χ1n) is 5.97. The second kappa shape index (κ2) is 13.3. The second-order valence-electron chi connectivity index (χ2n) is 3.19. The summed E-state index contributed by atoms with van der Waals surface area (Å²) in [5, 5.41) is 0. The van der Waals surface area contributed by atoms with Gasteiger partial charge in [-0.3, -0.25) is 0 Å². The summed E-state index contributed by atoms with van der Waals surface area (Å²) in [6.45, 7) is 13.8. The van der Waals surface area contributed by atoms with Gasteiger partial charge in [0, 0.05) is 32.7 Å². The van der Waals surface area contributed by atoms with E-state index in [1.165, 1.54) is 11.1 Å². The van der Waals surface area contributed by atoms with Crippen molar-refractivity contribution in [3.05, 3.63) is 24.0 Å². The normalized spacial score (nSPS) is 17.3. The Bertz CT molecular complexity index is 207. The number of allylic oxidation sites excluding steroid dienone is 2. The molecule has 0 aliphatic heterocycles. The van der Waals surface area contributed by atoms with Crippen LogP contribution in [0.15, 0.2) is 11.1 Å². The van der Waals surface area contributed by atoms with Gasteiger partial charge in [0.2, 0.25) is 0 Å². The largest absolute Gasteiger partial charge is 0.364 e. The molecule has 1 nitrogen and oxygen atoms in total. The molecule has 1 aliphatic rings. The molecule has 1 radical (unpaired) electrons. The first-order valence-corrected chi connectivity index (χ1v) is 5.97. The summed E-state index contributed by atoms with van der Waals surface area (Å²) in [6, 6.07) is 0. The summed E-state index contributed by atoms with van der Waals surface area (Å²) in [7, 11) is 0. The number of hydrogen-bond donors (Lipinski definition) is 0. The molecular weight excluding hydrogens is 273 g/mol. The van der Waals surface area contributed by atoms with Crippen LogP contribution in [0.5, 0.6) is 0 Å². The van der Waals surface area contributed by atoms with Crippen molar-refractivity contribution in [2.45, 2.75) is 54.9 Å². The molecule has 2 heteroatoms. The smallest absolute Gasteiger partial charge is 0.117 e. The van der Waals surface area contributed by atoms with Gasteiger partial charge in [-0.2, -0.15) is 0 Å². The monoisotopic (exact) mass is 299 g/mol. The Morgan fingerprint density at radius 2 is 1.56 bits per heavy atom. The number of rotatable bonds is 1. The van der Waals surface area contributed by atoms with Gasteiger partial charge in [-0.1, -0.05) is 33.6 Å². The molecule has 1 aliphatic carbocycles. The van der Waals surface area contributed by atoms with Crippen LogP contribution in [0.1, 0.15) is 54.9 Å². The fourth-order valence-corrected chi connectivity index (χ4v) is 1.25. The van der Waals surface area contributed by atoms with Crippen molar-refractivity contribution in [3.8, 4) is 0 Å². The van der Waals surface area contributed by atoms with Gasteiger partial charge in [0.25, 0.3) is 0 Å². The van der Waals surface area contributed by atoms with Crippen LogP contribution in [-0.2, 0) is 37.5 Å². The van der Waals surface area contributed by atoms with E-state index in [2.05, 4.69) is 26.7 Å². The van der Waals surface area contributed by atoms with Gasteiger partial charge in [0.15, 0.2) is 0 Å². The molecule has 16 heavy (non-hydrogen) atoms. The Labute approximate surface area is 127 Å². The molecule has 1 rings (SSSR count). The van der Waals surface area contributed by atoms with Crippen molar-refractivity contribution in [1.82, 2.24) is 0 Å². The summed E-state index contributed by atoms with van der Waals surface area (Å²) < 4.78 is 0. The molecule has 0 aromatic carbocycles. The summed E-state index contributed by atoms with van der Waals surface area (Å²) in [4.78, 5) is 11.0. The average Bonchev–Trinajstić information content (AvgIpc) is 2.27. The zero-order chi connectivity index (χ0) is 12.4. The van der Waals surface area contributed by atoms with Crippen LogP contribution in [0.2, 0.25) is 0 Å². The van der Waals surface area contributed by atoms with E-state index in [-0.39, 0.29) is 44.4 Å². The molecule has 0 N–H and O–H groups in total. The summed E-state index contributed by atoms with van der Waals surface area (Å²) in [5.41, 5.74) is 2.55. The molecule has 0 fully saturated rings. The van der Waals surface area contributed by atoms with Crippen LogP contribution in [0.25, 0.3) is 0 Å². The van der Waals surface area contributed by atoms with Gasteiger partial charge < -0.3 is 28.8 Å². The zero-order valence-corrected chi connectivity index (χ0v) is 14.8. The van der Waals surface area contributed by atoms with Crippen LogP contribution in [0, 0.1) is 18.8 Å². The maximum atomic E-state index is 11.0. The van der Waals surface area contributed by atoms with Crippen molar-refractivity contribution in [3.63, 3.8) is 0 Å². The van der Waals surface area contributed by atoms with E-state index < -0.39 is 0 Å². The summed E-state index contributed by atoms with van der Waals surface area (Å²) in [5.74, 6) is 0.409. The van der Waals surface area contributed by atoms with Crippen LogP contribution in [0.4, 0.5) is 0 Å². The van der Waals surface area contributed by atoms with E-state index in [9.17, 15) is 4.79 Å². The maximum Gasteiger partial charge on any atom is 0.117 e. The average molecular weight is 299 g/mol. The first-order chi connectivity index (χ1) is 7.11. The predicted molar refractivity (Wildman–Crippen MR) is 68.5 cm³/mol. The molecule has 0 spiro atoms. The van der Waals surface area contributed by atoms with E-state index in [0.29, 0.717) is 0 Å². The molecule has 0 saturated heterocycles. The summed E-state index contributed by atoms with van der Waals surface area (Å²) >= 11 is 0. The summed E-state index contributed by atoms with van der Waals surface area (Å²) in [6.07, 6.45) is 5.09. The molecule has 1 atom stereocenters. The van der Waals surface area contributed by atoms with E-state index in [1.807, 2.05) is 27.7 Å². The molecule has 0 amide bonds. The van der Waals surface area contributed by atoms with Gasteiger partial charge in [-0.25, -0.2) is 0 Å². The quantitative estimate of drug-likeness (QED) is 0.656. The number of Topliss-reactive ketones (excluding diaryl/α,β-unsaturated/α-hetero) is 1. The third kappa shape index (κ3) is 8.41. The first kappa shape index (κ1) is 21.5. The van der Waals surface area contributed by atoms with Gasteiger partial charge >= 0.3 is 0 Å². The van der Waals surface area contributed by atoms with Gasteiger partial charge in [0.1, 0.15) is 5.78 Å². The van der Waals surface area contributed by atoms with Gasteiger partial charge in [0.05, 0.1) is 0 Å². The molecule has 1 unspecified atom stereocenters. The number of ketones is 1. The minimum atomic E-state index is 0. The van der Waals surface area contributed by atoms with Crippen molar-refractivity contribution >= 4 is 5.78 Å². The van der Waals surface area contributed by atoms with E-state index >= 15 is 0 Å². The molecular formula is C14H26OY-2. The van der Waals surface area contributed by atoms with Gasteiger partial charge in [-0.05, 0) is 6.92 Å². The van der Waals surface area contributed by atoms with Crippen molar-refractivity contribution in [1.29, 1.82) is 0 Å². The van der Waals surface area contributed by atoms with E-state index in [1.54, 1.807) is 6.92 Å². The SMILES string of the molecule is CC.CC.CC(=O)C1[CH-]C(C)=C(C)[CH-]C1.[Y]. The minimum Gasteiger partial charge on any atom is -0.364 e. The second-order valence-corrected chi connectivity index (χ2v) is 3.19. The standard InChI is InChI=1S/C10H14O.2C2H6.Y/c1-7-4-5-10(9(3)11)6-8(7)2;2*1-2;/h4,6,10H,5H2,1-3H3;2*1-2H3;/q-2;;;. The van der Waals surface area contributed by atoms with Crippen LogP contribution < -0.4 is 0 Å². The van der Waals surface area contributed by atoms with Crippen LogP contribution in [-0.4, -0.2) is 5.78 Å². The third-order valence-corrected chi connectivity index (χ3v) is 2.27. The van der Waals surface area contributed by atoms with Crippen LogP contribution >= 0.6 is 0 Å². The number of hydrogen-bond acceptors (Lipinski definition) is 1. The van der Waals surface area contributed by atoms with Gasteiger partial charge in [-0.15, -0.1) is 20.3 Å². The number of carbonyl (C=O) groups excluding carboxylic acids is 1. The van der Waals surface area contributed by atoms with E-state index in [0.717, 1.165) is 6.42 Å². The molecule has 0 bridgehead atoms. The molecule has 0 aromatic heterocycles. The maximum absolute atomic E-state index is 11.0. The minimum absolute atomic E-state index is 0. The topological polar surface area (TPSA) is 17.1 Å². The van der Waals surface area contributed by atoms with Crippen molar-refractivity contribution in [2.24, 2.45) is 5.92 Å². The Kier molecular flexibility index (Phi) is 17.9. The molecule has 93 valence electrons. The Hall–Kier alpha value is 0.254. The number of carbonyl (C=O) groups is 1. The fraction of sp³-hybridized carbons (Fsp3) is 0.643. The Morgan fingerprint density at radius 3 is 1.88 bits per heavy atom. The third-order valence-electron chi connectivity index (χ3n) is 2.27. The zero-order valence-electron chi connectivity index (χ0n) is 11.9. The van der Waals surface area contributed by atoms with E-state index in [4.69, 9.17) is 0 Å². The van der Waals surface area contributed by atoms with Crippen molar-refractivity contribution in [2.75, 3.05) is 0 Å². The predicted octanol–water partition coefficient (Wildman–Crippen LogP) is 4.39. The van der Waals surface area contributed by atoms with Crippen LogP contribution in [0.3, 0.4) is 0 Å². The molecule has 0 saturated carbocycles. The molecule has 0 heterocycles. The molecule has 0 aromatic rings. The Morgan fingerprint density at radius 1 is 1.12 bits per heavy atom. The fourth-order valence-electron chi connectivity index (χ4n) is 1.25. The van der Waals surface area contributed by atoms with Crippen molar-refractivity contribution < 1.29 is 37.5 Å². The Balaban J connectivity index is -0.000000305.